The summed E-state index contributed by atoms with van der Waals surface area (Å²) < 4.78 is 0. The average Bonchev–Trinajstić information content (AvgIpc) is 4.25. The molecule has 368 valence electrons. The van der Waals surface area contributed by atoms with Crippen LogP contribution in [0.4, 0.5) is 30.0 Å². The van der Waals surface area contributed by atoms with E-state index in [-0.39, 0.29) is 0 Å². The molecule has 0 aliphatic carbocycles. The molecular weight excluding hydrogens is 1170 g/mol. The number of guanidine groups is 6. The molecule has 0 fully saturated rings. The topological polar surface area (TPSA) is 87.1 Å². The van der Waals surface area contributed by atoms with E-state index in [1.54, 1.807) is 141 Å². The van der Waals surface area contributed by atoms with Gasteiger partial charge in [-0.3, -0.25) is 14.7 Å². The molecular formula is C54H30N10S12. The van der Waals surface area contributed by atoms with Crippen LogP contribution in [0.25, 0.3) is 58.5 Å². The summed E-state index contributed by atoms with van der Waals surface area (Å²) in [5.74, 6) is 2.34. The Morgan fingerprint density at radius 2 is 0.447 bits per heavy atom. The first-order chi connectivity index (χ1) is 37.6. The molecule has 3 aliphatic heterocycles. The first-order valence-corrected chi connectivity index (χ1v) is 33.3. The summed E-state index contributed by atoms with van der Waals surface area (Å²) in [6, 6.07) is 51.6. The smallest absolute Gasteiger partial charge is 0.246 e. The number of thiophene rings is 12. The van der Waals surface area contributed by atoms with E-state index in [2.05, 4.69) is 193 Å². The second-order valence-corrected chi connectivity index (χ2v) is 28.6. The normalized spacial score (nSPS) is 14.0. The summed E-state index contributed by atoms with van der Waals surface area (Å²) in [4.78, 5) is 55.0. The maximum absolute atomic E-state index is 5.44. The van der Waals surface area contributed by atoms with Gasteiger partial charge >= 0.3 is 0 Å². The highest BCUT2D eigenvalue weighted by Gasteiger charge is 2.40. The Kier molecular flexibility index (Phi) is 12.3. The number of hydrogen-bond acceptors (Lipinski definition) is 22. The Bertz CT molecular complexity index is 3560. The number of aliphatic imine (C=N–C) groups is 6. The molecule has 76 heavy (non-hydrogen) atoms. The molecule has 0 unspecified atom stereocenters. The van der Waals surface area contributed by atoms with Crippen molar-refractivity contribution in [2.75, 3.05) is 14.7 Å². The minimum Gasteiger partial charge on any atom is -0.260 e. The molecule has 15 heterocycles. The standard InChI is InChI=1S/C54H30N10S12/c1-7-31(65-25-1)37-13-19-43(71-37)61(44-20-14-38(72-44)32-8-2-26-66-32)49-55-52-57-50(62(45-21-15-39(73-45)33-9-3-27-67-33)46-22-16-40(74-46)34-10-4-28-68-34)59-54-60-51(58-53(56-49)64(52)54)63(47-23-17-41(75-47)35-11-5-29-69-35)48-24-18-42(76-48)36-12-6-30-70-36/h1-30H. The van der Waals surface area contributed by atoms with Crippen molar-refractivity contribution in [2.24, 2.45) is 30.0 Å². The zero-order valence-electron chi connectivity index (χ0n) is 38.7. The molecule has 22 heteroatoms. The van der Waals surface area contributed by atoms with Crippen LogP contribution >= 0.6 is 136 Å². The average molecular weight is 1200 g/mol. The van der Waals surface area contributed by atoms with Crippen LogP contribution in [0, 0.1) is 0 Å². The maximum Gasteiger partial charge on any atom is 0.246 e. The van der Waals surface area contributed by atoms with E-state index in [1.807, 2.05) is 0 Å². The summed E-state index contributed by atoms with van der Waals surface area (Å²) >= 11 is 20.6. The molecule has 12 aromatic rings. The third kappa shape index (κ3) is 8.71. The lowest BCUT2D eigenvalue weighted by Gasteiger charge is -2.34. The Morgan fingerprint density at radius 3 is 0.632 bits per heavy atom. The van der Waals surface area contributed by atoms with Crippen molar-refractivity contribution in [1.82, 2.24) is 4.90 Å². The van der Waals surface area contributed by atoms with Gasteiger partial charge in [0.2, 0.25) is 35.8 Å². The highest BCUT2D eigenvalue weighted by molar-refractivity contribution is 7.28. The van der Waals surface area contributed by atoms with Gasteiger partial charge in [0.05, 0.1) is 0 Å². The van der Waals surface area contributed by atoms with Gasteiger partial charge in [0.1, 0.15) is 30.0 Å². The Balaban J connectivity index is 0.941. The lowest BCUT2D eigenvalue weighted by Crippen LogP contribution is -2.51. The monoisotopic (exact) mass is 1200 g/mol. The number of nitrogens with zero attached hydrogens (tertiary/aromatic N) is 10. The van der Waals surface area contributed by atoms with Gasteiger partial charge < -0.3 is 0 Å². The van der Waals surface area contributed by atoms with Crippen LogP contribution in [0.15, 0.2) is 208 Å². The highest BCUT2D eigenvalue weighted by atomic mass is 32.1. The van der Waals surface area contributed by atoms with Gasteiger partial charge in [-0.25, -0.2) is 4.90 Å². The van der Waals surface area contributed by atoms with Gasteiger partial charge in [-0.1, -0.05) is 36.4 Å². The lowest BCUT2D eigenvalue weighted by atomic mass is 10.3. The molecule has 0 amide bonds. The first-order valence-electron chi connectivity index (χ1n) is 23.2. The summed E-state index contributed by atoms with van der Waals surface area (Å²) in [5, 5.41) is 18.5. The first kappa shape index (κ1) is 46.9. The van der Waals surface area contributed by atoms with E-state index >= 15 is 0 Å². The minimum absolute atomic E-state index is 0.357. The van der Waals surface area contributed by atoms with Crippen molar-refractivity contribution < 1.29 is 0 Å². The molecule has 0 radical (unpaired) electrons. The van der Waals surface area contributed by atoms with E-state index in [9.17, 15) is 0 Å². The van der Waals surface area contributed by atoms with Gasteiger partial charge in [0.15, 0.2) is 0 Å². The van der Waals surface area contributed by atoms with Crippen molar-refractivity contribution in [1.29, 1.82) is 0 Å². The zero-order chi connectivity index (χ0) is 50.1. The summed E-state index contributed by atoms with van der Waals surface area (Å²) in [6.07, 6.45) is 0. The van der Waals surface area contributed by atoms with Crippen molar-refractivity contribution >= 4 is 202 Å². The second-order valence-electron chi connectivity index (χ2n) is 16.5. The Hall–Kier alpha value is -6.38. The van der Waals surface area contributed by atoms with E-state index in [1.165, 1.54) is 29.3 Å². The SMILES string of the molecule is c1csc(-c2ccc(N(C3=NC4=NC(N(c5ccc(-c6cccs6)s5)c5ccc(-c6cccs6)s5)=NC5=NC(N(c6ccc(-c7cccs7)s6)c6ccc(-c7cccs7)s6)=NC(=N3)N45)c3ccc(-c4cccs4)s3)s2)c1. The number of rotatable bonds is 12. The Morgan fingerprint density at radius 1 is 0.237 bits per heavy atom. The fraction of sp³-hybridized carbons (Fsp3) is 0. The van der Waals surface area contributed by atoms with E-state index in [0.717, 1.165) is 59.3 Å². The molecule has 0 spiro atoms. The molecule has 12 aromatic heterocycles. The van der Waals surface area contributed by atoms with Crippen LogP contribution in [0.2, 0.25) is 0 Å². The fourth-order valence-electron chi connectivity index (χ4n) is 8.47. The van der Waals surface area contributed by atoms with Crippen LogP contribution < -0.4 is 14.7 Å². The summed E-state index contributed by atoms with van der Waals surface area (Å²) in [6.45, 7) is 0. The maximum atomic E-state index is 5.44. The van der Waals surface area contributed by atoms with Crippen LogP contribution in [-0.2, 0) is 0 Å². The van der Waals surface area contributed by atoms with Crippen LogP contribution in [0.1, 0.15) is 0 Å². The second kappa shape index (κ2) is 19.9. The van der Waals surface area contributed by atoms with Crippen molar-refractivity contribution in [3.8, 4) is 58.5 Å². The minimum atomic E-state index is 0.357. The number of anilines is 6. The van der Waals surface area contributed by atoms with Gasteiger partial charge in [0.25, 0.3) is 0 Å². The largest absolute Gasteiger partial charge is 0.260 e. The molecule has 0 N–H and O–H groups in total. The van der Waals surface area contributed by atoms with Gasteiger partial charge in [0, 0.05) is 58.5 Å². The predicted molar refractivity (Wildman–Crippen MR) is 339 cm³/mol. The molecule has 0 saturated heterocycles. The molecule has 10 nitrogen and oxygen atoms in total. The third-order valence-electron chi connectivity index (χ3n) is 11.9. The van der Waals surface area contributed by atoms with Crippen LogP contribution in [0.5, 0.6) is 0 Å². The quantitative estimate of drug-likeness (QED) is 0.122. The van der Waals surface area contributed by atoms with Crippen molar-refractivity contribution in [2.45, 2.75) is 0 Å². The van der Waals surface area contributed by atoms with Crippen LogP contribution in [-0.4, -0.2) is 40.7 Å². The van der Waals surface area contributed by atoms with Crippen molar-refractivity contribution in [3.63, 3.8) is 0 Å². The van der Waals surface area contributed by atoms with Gasteiger partial charge in [-0.05, 0) is 141 Å². The Labute approximate surface area is 482 Å². The molecule has 0 bridgehead atoms. The molecule has 3 aliphatic rings. The third-order valence-corrected chi connectivity index (χ3v) is 24.7. The van der Waals surface area contributed by atoms with E-state index in [0.29, 0.717) is 35.8 Å². The van der Waals surface area contributed by atoms with Crippen molar-refractivity contribution in [3.05, 3.63) is 178 Å². The summed E-state index contributed by atoms with van der Waals surface area (Å²) in [5.41, 5.74) is 0. The molecule has 0 saturated carbocycles. The lowest BCUT2D eigenvalue weighted by molar-refractivity contribution is 0.822. The predicted octanol–water partition coefficient (Wildman–Crippen LogP) is 19.7. The van der Waals surface area contributed by atoms with Gasteiger partial charge in [-0.2, -0.15) is 30.0 Å². The summed E-state index contributed by atoms with van der Waals surface area (Å²) in [7, 11) is 0. The highest BCUT2D eigenvalue weighted by Crippen LogP contribution is 2.48. The molecule has 0 aromatic carbocycles. The fourth-order valence-corrected chi connectivity index (χ4v) is 19.8. The molecule has 0 atom stereocenters. The zero-order valence-corrected chi connectivity index (χ0v) is 48.5. The number of hydrogen-bond donors (Lipinski definition) is 0. The van der Waals surface area contributed by atoms with E-state index < -0.39 is 0 Å². The van der Waals surface area contributed by atoms with E-state index in [4.69, 9.17) is 30.0 Å². The molecule has 15 rings (SSSR count). The van der Waals surface area contributed by atoms with Gasteiger partial charge in [-0.15, -0.1) is 136 Å². The van der Waals surface area contributed by atoms with Crippen LogP contribution in [0.3, 0.4) is 0 Å².